The van der Waals surface area contributed by atoms with Crippen molar-refractivity contribution >= 4 is 21.6 Å². The zero-order valence-electron chi connectivity index (χ0n) is 21.3. The van der Waals surface area contributed by atoms with E-state index in [1.807, 2.05) is 32.0 Å². The van der Waals surface area contributed by atoms with Gasteiger partial charge in [0.2, 0.25) is 15.9 Å². The van der Waals surface area contributed by atoms with E-state index in [1.165, 1.54) is 16.4 Å². The molecule has 1 fully saturated rings. The van der Waals surface area contributed by atoms with Gasteiger partial charge in [-0.15, -0.1) is 0 Å². The second kappa shape index (κ2) is 9.74. The minimum atomic E-state index is -3.75. The highest BCUT2D eigenvalue weighted by molar-refractivity contribution is 7.89. The Balaban J connectivity index is 1.56. The first-order valence-electron chi connectivity index (χ1n) is 11.9. The molecule has 9 nitrogen and oxygen atoms in total. The third-order valence-electron chi connectivity index (χ3n) is 6.93. The maximum absolute atomic E-state index is 13.3. The fourth-order valence-corrected chi connectivity index (χ4v) is 6.15. The lowest BCUT2D eigenvalue weighted by molar-refractivity contribution is -0.144. The molecule has 0 bridgehead atoms. The van der Waals surface area contributed by atoms with E-state index in [0.29, 0.717) is 36.3 Å². The summed E-state index contributed by atoms with van der Waals surface area (Å²) < 4.78 is 38.5. The summed E-state index contributed by atoms with van der Waals surface area (Å²) in [5.41, 5.74) is 1.57. The number of hydrogen-bond donors (Lipinski definition) is 1. The molecule has 2 aromatic carbocycles. The van der Waals surface area contributed by atoms with E-state index in [1.54, 1.807) is 32.2 Å². The van der Waals surface area contributed by atoms with Crippen molar-refractivity contribution in [3.63, 3.8) is 0 Å². The van der Waals surface area contributed by atoms with Crippen LogP contribution in [0, 0.1) is 12.3 Å². The first kappa shape index (κ1) is 26.0. The number of benzene rings is 2. The Morgan fingerprint density at radius 3 is 2.31 bits per heavy atom. The van der Waals surface area contributed by atoms with Gasteiger partial charge < -0.3 is 14.6 Å². The second-order valence-corrected chi connectivity index (χ2v) is 11.8. The summed E-state index contributed by atoms with van der Waals surface area (Å²) in [5.74, 6) is 1.07. The molecule has 194 valence electrons. The lowest BCUT2D eigenvalue weighted by Crippen LogP contribution is -2.52. The monoisotopic (exact) mass is 515 g/mol. The number of ether oxygens (including phenoxy) is 2. The number of amides is 1. The van der Waals surface area contributed by atoms with Crippen molar-refractivity contribution < 1.29 is 27.8 Å². The van der Waals surface area contributed by atoms with Gasteiger partial charge in [-0.3, -0.25) is 4.79 Å². The summed E-state index contributed by atoms with van der Waals surface area (Å²) in [6, 6.07) is 9.74. The van der Waals surface area contributed by atoms with Crippen molar-refractivity contribution in [3.8, 4) is 17.2 Å². The normalized spacial score (nSPS) is 19.2. The molecule has 2 aliphatic heterocycles. The zero-order chi connectivity index (χ0) is 26.3. The molecule has 1 N–H and O–H groups in total. The van der Waals surface area contributed by atoms with Crippen LogP contribution in [0.5, 0.6) is 17.2 Å². The number of methoxy groups -OCH3 is 2. The van der Waals surface area contributed by atoms with E-state index >= 15 is 0 Å². The van der Waals surface area contributed by atoms with Crippen LogP contribution in [0.2, 0.25) is 0 Å². The first-order chi connectivity index (χ1) is 17.0. The predicted octanol–water partition coefficient (Wildman–Crippen LogP) is 3.53. The van der Waals surface area contributed by atoms with Crippen LogP contribution in [-0.4, -0.2) is 67.8 Å². The number of carbonyl (C=O) groups is 1. The number of carbonyl (C=O) groups excluding carboxylic acids is 1. The van der Waals surface area contributed by atoms with Gasteiger partial charge in [0.25, 0.3) is 0 Å². The number of sulfonamides is 1. The minimum Gasteiger partial charge on any atom is -0.508 e. The van der Waals surface area contributed by atoms with E-state index in [9.17, 15) is 18.3 Å². The first-order valence-corrected chi connectivity index (χ1v) is 13.4. The molecule has 0 aliphatic carbocycles. The highest BCUT2D eigenvalue weighted by Gasteiger charge is 2.42. The molecule has 4 rings (SSSR count). The van der Waals surface area contributed by atoms with E-state index in [4.69, 9.17) is 14.6 Å². The molecule has 0 unspecified atom stereocenters. The number of hydrogen-bond acceptors (Lipinski definition) is 7. The smallest absolute Gasteiger partial charge is 0.248 e. The van der Waals surface area contributed by atoms with Crippen LogP contribution in [0.15, 0.2) is 46.4 Å². The number of phenolic OH excluding ortho intramolecular Hbond substituents is 1. The Kier molecular flexibility index (Phi) is 7.03. The van der Waals surface area contributed by atoms with Crippen molar-refractivity contribution in [2.24, 2.45) is 10.5 Å². The maximum atomic E-state index is 13.3. The number of phenols is 1. The molecule has 0 atom stereocenters. The van der Waals surface area contributed by atoms with Crippen molar-refractivity contribution in [2.75, 3.05) is 27.3 Å². The number of hydrazone groups is 1. The summed E-state index contributed by atoms with van der Waals surface area (Å²) in [6.07, 6.45) is 1.39. The second-order valence-electron chi connectivity index (χ2n) is 9.91. The Labute approximate surface area is 212 Å². The number of nitrogens with zero attached hydrogens (tertiary/aromatic N) is 3. The predicted molar refractivity (Wildman–Crippen MR) is 136 cm³/mol. The van der Waals surface area contributed by atoms with Crippen LogP contribution in [0.25, 0.3) is 0 Å². The molecule has 0 radical (unpaired) electrons. The largest absolute Gasteiger partial charge is 0.508 e. The van der Waals surface area contributed by atoms with Crippen LogP contribution in [0.3, 0.4) is 0 Å². The van der Waals surface area contributed by atoms with Crippen LogP contribution in [0.1, 0.15) is 44.2 Å². The van der Waals surface area contributed by atoms with Crippen molar-refractivity contribution in [3.05, 3.63) is 47.5 Å². The Hall–Kier alpha value is -3.11. The Morgan fingerprint density at radius 1 is 1.03 bits per heavy atom. The lowest BCUT2D eigenvalue weighted by atomic mass is 9.82. The molecule has 2 heterocycles. The summed E-state index contributed by atoms with van der Waals surface area (Å²) >= 11 is 0. The average Bonchev–Trinajstić information content (AvgIpc) is 2.86. The Bertz CT molecular complexity index is 1300. The van der Waals surface area contributed by atoms with Gasteiger partial charge in [-0.05, 0) is 49.6 Å². The zero-order valence-corrected chi connectivity index (χ0v) is 22.1. The van der Waals surface area contributed by atoms with E-state index < -0.39 is 15.4 Å². The van der Waals surface area contributed by atoms with Gasteiger partial charge in [0.15, 0.2) is 11.5 Å². The van der Waals surface area contributed by atoms with Crippen LogP contribution in [0.4, 0.5) is 0 Å². The topological polar surface area (TPSA) is 109 Å². The van der Waals surface area contributed by atoms with Crippen molar-refractivity contribution in [2.45, 2.75) is 51.0 Å². The van der Waals surface area contributed by atoms with E-state index in [0.717, 1.165) is 11.3 Å². The average molecular weight is 516 g/mol. The molecule has 0 spiro atoms. The van der Waals surface area contributed by atoms with Crippen LogP contribution in [-0.2, 0) is 14.8 Å². The molecule has 0 aromatic heterocycles. The standard InChI is InChI=1S/C26H33N3O6S/c1-17-6-8-20(15-22(17)30)36(32,33)28-12-10-19(11-13-28)29-25(31)26(2,3)16-21(27-29)18-7-9-23(34-4)24(14-18)35-5/h6-9,14-15,19,30H,10-13,16H2,1-5H3. The van der Waals surface area contributed by atoms with Gasteiger partial charge in [0.1, 0.15) is 5.75 Å². The molecule has 2 aromatic rings. The molecule has 1 amide bonds. The van der Waals surface area contributed by atoms with E-state index in [-0.39, 0.29) is 35.7 Å². The fraction of sp³-hybridized carbons (Fsp3) is 0.462. The lowest BCUT2D eigenvalue weighted by Gasteiger charge is -2.41. The number of aromatic hydroxyl groups is 1. The molecule has 2 aliphatic rings. The van der Waals surface area contributed by atoms with Gasteiger partial charge >= 0.3 is 0 Å². The van der Waals surface area contributed by atoms with Crippen LogP contribution < -0.4 is 9.47 Å². The Morgan fingerprint density at radius 2 is 1.69 bits per heavy atom. The van der Waals surface area contributed by atoms with Crippen molar-refractivity contribution in [1.82, 2.24) is 9.31 Å². The SMILES string of the molecule is COc1ccc(C2=NN(C3CCN(S(=O)(=O)c4ccc(C)c(O)c4)CC3)C(=O)C(C)(C)C2)cc1OC. The van der Waals surface area contributed by atoms with Gasteiger partial charge in [-0.25, -0.2) is 13.4 Å². The summed E-state index contributed by atoms with van der Waals surface area (Å²) in [6.45, 7) is 6.04. The number of rotatable bonds is 6. The third-order valence-corrected chi connectivity index (χ3v) is 8.82. The van der Waals surface area contributed by atoms with Crippen molar-refractivity contribution in [1.29, 1.82) is 0 Å². The summed E-state index contributed by atoms with van der Waals surface area (Å²) in [4.78, 5) is 13.4. The number of piperidine rings is 1. The van der Waals surface area contributed by atoms with Gasteiger partial charge in [-0.1, -0.05) is 19.9 Å². The molecular weight excluding hydrogens is 482 g/mol. The summed E-state index contributed by atoms with van der Waals surface area (Å²) in [7, 11) is -0.602. The molecule has 0 saturated carbocycles. The van der Waals surface area contributed by atoms with Gasteiger partial charge in [0.05, 0.1) is 36.3 Å². The fourth-order valence-electron chi connectivity index (χ4n) is 4.66. The quantitative estimate of drug-likeness (QED) is 0.631. The molecule has 36 heavy (non-hydrogen) atoms. The molecule has 1 saturated heterocycles. The molecule has 10 heteroatoms. The maximum Gasteiger partial charge on any atom is 0.248 e. The number of aryl methyl sites for hydroxylation is 1. The van der Waals surface area contributed by atoms with E-state index in [2.05, 4.69) is 0 Å². The minimum absolute atomic E-state index is 0.0517. The van der Waals surface area contributed by atoms with Crippen LogP contribution >= 0.6 is 0 Å². The third kappa shape index (κ3) is 4.79. The summed E-state index contributed by atoms with van der Waals surface area (Å²) in [5, 5.41) is 16.3. The van der Waals surface area contributed by atoms with Gasteiger partial charge in [0, 0.05) is 31.1 Å². The highest BCUT2D eigenvalue weighted by Crippen LogP contribution is 2.36. The van der Waals surface area contributed by atoms with Gasteiger partial charge in [-0.2, -0.15) is 9.41 Å². The highest BCUT2D eigenvalue weighted by atomic mass is 32.2. The molecular formula is C26H33N3O6S.